The molecule has 1 aromatic rings. The summed E-state index contributed by atoms with van der Waals surface area (Å²) < 4.78 is 10.7. The smallest absolute Gasteiger partial charge is 0.244 e. The standard InChI is InChI=1S/C12H11NO2/c13-7-6-11-9-14-12(15-11)8-10-4-2-1-3-5-10/h1-5,9,12H,6,8H2. The number of benzene rings is 1. The van der Waals surface area contributed by atoms with Gasteiger partial charge in [-0.15, -0.1) is 0 Å². The van der Waals surface area contributed by atoms with E-state index in [2.05, 4.69) is 0 Å². The van der Waals surface area contributed by atoms with Crippen molar-refractivity contribution in [1.82, 2.24) is 0 Å². The molecule has 3 nitrogen and oxygen atoms in total. The summed E-state index contributed by atoms with van der Waals surface area (Å²) in [5, 5.41) is 8.48. The Hall–Kier alpha value is -1.95. The van der Waals surface area contributed by atoms with Crippen molar-refractivity contribution in [2.75, 3.05) is 0 Å². The van der Waals surface area contributed by atoms with Crippen molar-refractivity contribution in [1.29, 1.82) is 5.26 Å². The van der Waals surface area contributed by atoms with Gasteiger partial charge in [0.05, 0.1) is 12.5 Å². The molecule has 0 aliphatic carbocycles. The maximum absolute atomic E-state index is 8.48. The van der Waals surface area contributed by atoms with Crippen LogP contribution in [-0.2, 0) is 15.9 Å². The second-order valence-electron chi connectivity index (χ2n) is 3.29. The van der Waals surface area contributed by atoms with Crippen LogP contribution in [0.2, 0.25) is 0 Å². The minimum absolute atomic E-state index is 0.269. The molecule has 1 atom stereocenters. The highest BCUT2D eigenvalue weighted by molar-refractivity contribution is 5.15. The quantitative estimate of drug-likeness (QED) is 0.753. The Morgan fingerprint density at radius 2 is 2.07 bits per heavy atom. The normalized spacial score (nSPS) is 18.6. The van der Waals surface area contributed by atoms with Crippen LogP contribution in [0.1, 0.15) is 12.0 Å². The lowest BCUT2D eigenvalue weighted by molar-refractivity contribution is -0.0304. The summed E-state index contributed by atoms with van der Waals surface area (Å²) in [5.74, 6) is 0.610. The first-order valence-corrected chi connectivity index (χ1v) is 4.80. The van der Waals surface area contributed by atoms with Gasteiger partial charge in [-0.05, 0) is 5.56 Å². The van der Waals surface area contributed by atoms with E-state index in [-0.39, 0.29) is 12.7 Å². The van der Waals surface area contributed by atoms with Crippen LogP contribution in [0.4, 0.5) is 0 Å². The van der Waals surface area contributed by atoms with Crippen LogP contribution in [0, 0.1) is 11.3 Å². The van der Waals surface area contributed by atoms with Gasteiger partial charge in [0.25, 0.3) is 0 Å². The monoisotopic (exact) mass is 201 g/mol. The first kappa shape index (κ1) is 9.60. The van der Waals surface area contributed by atoms with E-state index in [1.165, 1.54) is 6.26 Å². The summed E-state index contributed by atoms with van der Waals surface area (Å²) in [6.07, 6.45) is 2.21. The van der Waals surface area contributed by atoms with Crippen LogP contribution in [0.15, 0.2) is 42.4 Å². The lowest BCUT2D eigenvalue weighted by atomic mass is 10.1. The molecule has 1 unspecified atom stereocenters. The van der Waals surface area contributed by atoms with Gasteiger partial charge in [-0.25, -0.2) is 0 Å². The first-order chi connectivity index (χ1) is 7.38. The number of hydrogen-bond acceptors (Lipinski definition) is 3. The van der Waals surface area contributed by atoms with E-state index < -0.39 is 0 Å². The van der Waals surface area contributed by atoms with Crippen molar-refractivity contribution < 1.29 is 9.47 Å². The fraction of sp³-hybridized carbons (Fsp3) is 0.250. The Labute approximate surface area is 88.5 Å². The maximum Gasteiger partial charge on any atom is 0.244 e. The lowest BCUT2D eigenvalue weighted by Crippen LogP contribution is -2.11. The molecule has 0 fully saturated rings. The summed E-state index contributed by atoms with van der Waals surface area (Å²) in [5.41, 5.74) is 1.16. The number of rotatable bonds is 3. The van der Waals surface area contributed by atoms with Gasteiger partial charge >= 0.3 is 0 Å². The summed E-state index contributed by atoms with van der Waals surface area (Å²) in [4.78, 5) is 0. The number of nitrogens with zero attached hydrogens (tertiary/aromatic N) is 1. The molecule has 0 bridgehead atoms. The Bertz CT molecular complexity index is 392. The van der Waals surface area contributed by atoms with Crippen molar-refractivity contribution >= 4 is 0 Å². The fourth-order valence-electron chi connectivity index (χ4n) is 1.43. The molecule has 0 amide bonds. The summed E-state index contributed by atoms with van der Waals surface area (Å²) in [7, 11) is 0. The number of allylic oxidation sites excluding steroid dienone is 1. The third kappa shape index (κ3) is 2.50. The second-order valence-corrected chi connectivity index (χ2v) is 3.29. The van der Waals surface area contributed by atoms with E-state index in [1.54, 1.807) is 0 Å². The highest BCUT2D eigenvalue weighted by Crippen LogP contribution is 2.19. The van der Waals surface area contributed by atoms with Crippen molar-refractivity contribution in [3.63, 3.8) is 0 Å². The number of hydrogen-bond donors (Lipinski definition) is 0. The molecule has 1 aliphatic heterocycles. The molecule has 15 heavy (non-hydrogen) atoms. The molecule has 2 rings (SSSR count). The molecule has 1 aliphatic rings. The molecule has 0 radical (unpaired) electrons. The molecule has 1 aromatic carbocycles. The van der Waals surface area contributed by atoms with E-state index in [4.69, 9.17) is 14.7 Å². The average molecular weight is 201 g/mol. The fourth-order valence-corrected chi connectivity index (χ4v) is 1.43. The van der Waals surface area contributed by atoms with Crippen LogP contribution in [-0.4, -0.2) is 6.29 Å². The topological polar surface area (TPSA) is 42.2 Å². The summed E-state index contributed by atoms with van der Waals surface area (Å²) >= 11 is 0. The van der Waals surface area contributed by atoms with Crippen LogP contribution in [0.3, 0.4) is 0 Å². The predicted octanol–water partition coefficient (Wildman–Crippen LogP) is 2.36. The Morgan fingerprint density at radius 3 is 2.80 bits per heavy atom. The second kappa shape index (κ2) is 4.52. The first-order valence-electron chi connectivity index (χ1n) is 4.80. The lowest BCUT2D eigenvalue weighted by Gasteiger charge is -2.10. The highest BCUT2D eigenvalue weighted by atomic mass is 16.7. The van der Waals surface area contributed by atoms with Gasteiger partial charge in [-0.2, -0.15) is 5.26 Å². The molecular formula is C12H11NO2. The van der Waals surface area contributed by atoms with Crippen molar-refractivity contribution in [3.8, 4) is 6.07 Å². The largest absolute Gasteiger partial charge is 0.459 e. The van der Waals surface area contributed by atoms with Crippen LogP contribution < -0.4 is 0 Å². The van der Waals surface area contributed by atoms with Crippen LogP contribution >= 0.6 is 0 Å². The van der Waals surface area contributed by atoms with Gasteiger partial charge in [0.2, 0.25) is 6.29 Å². The zero-order valence-corrected chi connectivity index (χ0v) is 8.22. The Balaban J connectivity index is 1.88. The minimum atomic E-state index is -0.282. The SMILES string of the molecule is N#CCC1=COC(Cc2ccccc2)O1. The van der Waals surface area contributed by atoms with Gasteiger partial charge in [0, 0.05) is 6.42 Å². The molecule has 0 N–H and O–H groups in total. The highest BCUT2D eigenvalue weighted by Gasteiger charge is 2.19. The van der Waals surface area contributed by atoms with Crippen LogP contribution in [0.25, 0.3) is 0 Å². The van der Waals surface area contributed by atoms with Gasteiger partial charge in [-0.3, -0.25) is 0 Å². The van der Waals surface area contributed by atoms with E-state index in [0.717, 1.165) is 5.56 Å². The zero-order chi connectivity index (χ0) is 10.5. The molecule has 0 saturated carbocycles. The number of ether oxygens (including phenoxy) is 2. The van der Waals surface area contributed by atoms with Gasteiger partial charge in [-0.1, -0.05) is 30.3 Å². The number of nitriles is 1. The minimum Gasteiger partial charge on any atom is -0.459 e. The molecule has 1 heterocycles. The third-order valence-corrected chi connectivity index (χ3v) is 2.13. The summed E-state index contributed by atoms with van der Waals surface area (Å²) in [6, 6.07) is 12.0. The third-order valence-electron chi connectivity index (χ3n) is 2.13. The van der Waals surface area contributed by atoms with Crippen LogP contribution in [0.5, 0.6) is 0 Å². The van der Waals surface area contributed by atoms with Gasteiger partial charge in [0.15, 0.2) is 0 Å². The Kier molecular flexibility index (Phi) is 2.89. The zero-order valence-electron chi connectivity index (χ0n) is 8.22. The molecule has 76 valence electrons. The predicted molar refractivity (Wildman–Crippen MR) is 54.4 cm³/mol. The maximum atomic E-state index is 8.48. The average Bonchev–Trinajstić information content (AvgIpc) is 2.68. The molecular weight excluding hydrogens is 190 g/mol. The van der Waals surface area contributed by atoms with E-state index in [9.17, 15) is 0 Å². The van der Waals surface area contributed by atoms with Crippen molar-refractivity contribution in [3.05, 3.63) is 47.9 Å². The molecule has 0 spiro atoms. The van der Waals surface area contributed by atoms with E-state index >= 15 is 0 Å². The van der Waals surface area contributed by atoms with Gasteiger partial charge < -0.3 is 9.47 Å². The van der Waals surface area contributed by atoms with Crippen molar-refractivity contribution in [2.45, 2.75) is 19.1 Å². The summed E-state index contributed by atoms with van der Waals surface area (Å²) in [6.45, 7) is 0. The van der Waals surface area contributed by atoms with Crippen molar-refractivity contribution in [2.24, 2.45) is 0 Å². The van der Waals surface area contributed by atoms with E-state index in [0.29, 0.717) is 12.2 Å². The Morgan fingerprint density at radius 1 is 1.27 bits per heavy atom. The van der Waals surface area contributed by atoms with E-state index in [1.807, 2.05) is 36.4 Å². The molecule has 0 saturated heterocycles. The van der Waals surface area contributed by atoms with Gasteiger partial charge in [0.1, 0.15) is 12.0 Å². The molecule has 3 heteroatoms. The molecule has 0 aromatic heterocycles.